The first-order valence-corrected chi connectivity index (χ1v) is 8.02. The summed E-state index contributed by atoms with van der Waals surface area (Å²) >= 11 is 0. The molecule has 0 bridgehead atoms. The second-order valence-corrected chi connectivity index (χ2v) is 5.68. The minimum Gasteiger partial charge on any atom is -0.470 e. The molecular weight excluding hydrogens is 304 g/mol. The van der Waals surface area contributed by atoms with Crippen LogP contribution in [0.15, 0.2) is 54.9 Å². The lowest BCUT2D eigenvalue weighted by molar-refractivity contribution is -0.00252. The Labute approximate surface area is 139 Å². The Hall–Kier alpha value is -2.73. The zero-order chi connectivity index (χ0) is 16.2. The van der Waals surface area contributed by atoms with Gasteiger partial charge < -0.3 is 14.8 Å². The summed E-state index contributed by atoms with van der Waals surface area (Å²) in [6.07, 6.45) is 4.19. The van der Waals surface area contributed by atoms with Crippen molar-refractivity contribution >= 4 is 16.9 Å². The van der Waals surface area contributed by atoms with Crippen LogP contribution in [0.1, 0.15) is 6.42 Å². The summed E-state index contributed by atoms with van der Waals surface area (Å²) in [4.78, 5) is 13.3. The monoisotopic (exact) mass is 322 g/mol. The molecule has 0 radical (unpaired) electrons. The number of ether oxygens (including phenoxy) is 2. The first-order valence-electron chi connectivity index (χ1n) is 8.02. The molecule has 122 valence electrons. The van der Waals surface area contributed by atoms with Crippen LogP contribution < -0.4 is 10.1 Å². The number of fused-ring (bicyclic) bond motifs is 1. The minimum absolute atomic E-state index is 0.0937. The highest BCUT2D eigenvalue weighted by Crippen LogP contribution is 2.19. The van der Waals surface area contributed by atoms with E-state index in [4.69, 9.17) is 9.47 Å². The number of benzene rings is 1. The molecule has 1 fully saturated rings. The summed E-state index contributed by atoms with van der Waals surface area (Å²) in [7, 11) is 0. The maximum Gasteiger partial charge on any atom is 0.213 e. The summed E-state index contributed by atoms with van der Waals surface area (Å²) in [5.41, 5.74) is 1.76. The van der Waals surface area contributed by atoms with Crippen molar-refractivity contribution in [2.24, 2.45) is 0 Å². The maximum atomic E-state index is 5.98. The topological polar surface area (TPSA) is 69.2 Å². The number of para-hydroxylation sites is 2. The highest BCUT2D eigenvalue weighted by Gasteiger charge is 2.28. The zero-order valence-corrected chi connectivity index (χ0v) is 13.1. The molecule has 4 rings (SSSR count). The lowest BCUT2D eigenvalue weighted by Crippen LogP contribution is -2.45. The van der Waals surface area contributed by atoms with Crippen LogP contribution in [0.3, 0.4) is 0 Å². The van der Waals surface area contributed by atoms with Gasteiger partial charge in [0.05, 0.1) is 29.9 Å². The number of nitrogens with one attached hydrogen (secondary N) is 1. The van der Waals surface area contributed by atoms with E-state index in [2.05, 4.69) is 20.3 Å². The van der Waals surface area contributed by atoms with Crippen molar-refractivity contribution in [2.45, 2.75) is 18.6 Å². The molecule has 3 heterocycles. The van der Waals surface area contributed by atoms with Gasteiger partial charge in [0.15, 0.2) is 0 Å². The molecule has 1 aromatic carbocycles. The molecule has 0 aliphatic carbocycles. The Morgan fingerprint density at radius 3 is 2.79 bits per heavy atom. The fraction of sp³-hybridized carbons (Fsp3) is 0.278. The number of nitrogens with zero attached hydrogens (tertiary/aromatic N) is 3. The van der Waals surface area contributed by atoms with Gasteiger partial charge in [-0.3, -0.25) is 4.98 Å². The number of hydrogen-bond donors (Lipinski definition) is 1. The van der Waals surface area contributed by atoms with Crippen molar-refractivity contribution in [2.75, 3.05) is 18.5 Å². The van der Waals surface area contributed by atoms with E-state index in [1.165, 1.54) is 0 Å². The molecule has 24 heavy (non-hydrogen) atoms. The van der Waals surface area contributed by atoms with E-state index in [0.29, 0.717) is 19.1 Å². The molecule has 2 aromatic heterocycles. The second kappa shape index (κ2) is 6.80. The largest absolute Gasteiger partial charge is 0.470 e. The van der Waals surface area contributed by atoms with Crippen LogP contribution in [0, 0.1) is 0 Å². The highest BCUT2D eigenvalue weighted by molar-refractivity contribution is 5.75. The van der Waals surface area contributed by atoms with Crippen molar-refractivity contribution < 1.29 is 9.47 Å². The third-order valence-corrected chi connectivity index (χ3v) is 4.00. The molecule has 0 saturated carbocycles. The smallest absolute Gasteiger partial charge is 0.213 e. The standard InChI is InChI=1S/C18H18N4O2/c1-2-6-14-13(5-1)20-11-17(21-14)22-15-8-10-23-12-16(15)24-18-7-3-4-9-19-18/h1-7,9,11,15-16H,8,10,12H2,(H,21,22)/t15-,16-/m1/s1. The molecule has 6 nitrogen and oxygen atoms in total. The maximum absolute atomic E-state index is 5.98. The molecule has 1 saturated heterocycles. The lowest BCUT2D eigenvalue weighted by Gasteiger charge is -2.32. The van der Waals surface area contributed by atoms with Gasteiger partial charge in [0.1, 0.15) is 11.9 Å². The van der Waals surface area contributed by atoms with E-state index in [1.807, 2.05) is 42.5 Å². The van der Waals surface area contributed by atoms with Crippen molar-refractivity contribution in [3.63, 3.8) is 0 Å². The normalized spacial score (nSPS) is 20.7. The lowest BCUT2D eigenvalue weighted by atomic mass is 10.1. The van der Waals surface area contributed by atoms with Gasteiger partial charge in [0.2, 0.25) is 5.88 Å². The van der Waals surface area contributed by atoms with Crippen LogP contribution in [0.25, 0.3) is 11.0 Å². The number of pyridine rings is 1. The molecule has 0 amide bonds. The number of rotatable bonds is 4. The molecular formula is C18H18N4O2. The Balaban J connectivity index is 1.51. The van der Waals surface area contributed by atoms with Crippen molar-refractivity contribution in [3.05, 3.63) is 54.9 Å². The SMILES string of the molecule is c1ccc(O[C@@H]2COCC[C@H]2Nc2cnc3ccccc3n2)nc1. The fourth-order valence-corrected chi connectivity index (χ4v) is 2.78. The van der Waals surface area contributed by atoms with Gasteiger partial charge in [-0.25, -0.2) is 9.97 Å². The van der Waals surface area contributed by atoms with Crippen LogP contribution in [0.4, 0.5) is 5.82 Å². The number of anilines is 1. The van der Waals surface area contributed by atoms with Crippen molar-refractivity contribution in [1.29, 1.82) is 0 Å². The van der Waals surface area contributed by atoms with Crippen LogP contribution in [0.2, 0.25) is 0 Å². The van der Waals surface area contributed by atoms with E-state index in [-0.39, 0.29) is 12.1 Å². The van der Waals surface area contributed by atoms with E-state index >= 15 is 0 Å². The average molecular weight is 322 g/mol. The Bertz CT molecular complexity index is 812. The first kappa shape index (κ1) is 14.8. The average Bonchev–Trinajstić information content (AvgIpc) is 2.64. The molecule has 1 aliphatic heterocycles. The Morgan fingerprint density at radius 2 is 1.92 bits per heavy atom. The number of aromatic nitrogens is 3. The van der Waals surface area contributed by atoms with Crippen LogP contribution >= 0.6 is 0 Å². The van der Waals surface area contributed by atoms with E-state index in [0.717, 1.165) is 23.3 Å². The summed E-state index contributed by atoms with van der Waals surface area (Å²) in [5, 5.41) is 3.44. The third-order valence-electron chi connectivity index (χ3n) is 4.00. The zero-order valence-electron chi connectivity index (χ0n) is 13.1. The summed E-state index contributed by atoms with van der Waals surface area (Å²) in [6, 6.07) is 13.5. The quantitative estimate of drug-likeness (QED) is 0.796. The molecule has 1 aliphatic rings. The first-order chi connectivity index (χ1) is 11.9. The van der Waals surface area contributed by atoms with Crippen LogP contribution in [0.5, 0.6) is 5.88 Å². The predicted octanol–water partition coefficient (Wildman–Crippen LogP) is 2.67. The molecule has 1 N–H and O–H groups in total. The van der Waals surface area contributed by atoms with Crippen LogP contribution in [-0.4, -0.2) is 40.3 Å². The molecule has 6 heteroatoms. The van der Waals surface area contributed by atoms with E-state index in [1.54, 1.807) is 12.4 Å². The summed E-state index contributed by atoms with van der Waals surface area (Å²) in [5.74, 6) is 1.35. The fourth-order valence-electron chi connectivity index (χ4n) is 2.78. The molecule has 0 unspecified atom stereocenters. The summed E-state index contributed by atoms with van der Waals surface area (Å²) in [6.45, 7) is 1.22. The molecule has 0 spiro atoms. The van der Waals surface area contributed by atoms with Gasteiger partial charge in [-0.2, -0.15) is 0 Å². The van der Waals surface area contributed by atoms with E-state index < -0.39 is 0 Å². The van der Waals surface area contributed by atoms with Crippen molar-refractivity contribution in [1.82, 2.24) is 15.0 Å². The van der Waals surface area contributed by atoms with Gasteiger partial charge in [0, 0.05) is 18.9 Å². The van der Waals surface area contributed by atoms with Gasteiger partial charge in [0.25, 0.3) is 0 Å². The highest BCUT2D eigenvalue weighted by atomic mass is 16.5. The van der Waals surface area contributed by atoms with Gasteiger partial charge >= 0.3 is 0 Å². The third kappa shape index (κ3) is 3.28. The predicted molar refractivity (Wildman–Crippen MR) is 91.0 cm³/mol. The Morgan fingerprint density at radius 1 is 1.04 bits per heavy atom. The molecule has 2 atom stereocenters. The molecule has 3 aromatic rings. The van der Waals surface area contributed by atoms with Gasteiger partial charge in [-0.1, -0.05) is 18.2 Å². The number of hydrogen-bond acceptors (Lipinski definition) is 6. The second-order valence-electron chi connectivity index (χ2n) is 5.68. The summed E-state index contributed by atoms with van der Waals surface area (Å²) < 4.78 is 11.5. The van der Waals surface area contributed by atoms with Crippen molar-refractivity contribution in [3.8, 4) is 5.88 Å². The van der Waals surface area contributed by atoms with Crippen LogP contribution in [-0.2, 0) is 4.74 Å². The minimum atomic E-state index is -0.123. The van der Waals surface area contributed by atoms with Gasteiger partial charge in [-0.05, 0) is 24.6 Å². The Kier molecular flexibility index (Phi) is 4.20. The van der Waals surface area contributed by atoms with E-state index in [9.17, 15) is 0 Å². The van der Waals surface area contributed by atoms with Gasteiger partial charge in [-0.15, -0.1) is 0 Å².